The van der Waals surface area contributed by atoms with E-state index in [4.69, 9.17) is 11.6 Å². The molecule has 0 unspecified atom stereocenters. The number of rotatable bonds is 2. The van der Waals surface area contributed by atoms with Crippen molar-refractivity contribution in [2.24, 2.45) is 0 Å². The SMILES string of the molecule is Cc1cc(C)c(C(=O)CCl)c(C)c1C. The van der Waals surface area contributed by atoms with E-state index in [0.29, 0.717) is 0 Å². The van der Waals surface area contributed by atoms with E-state index in [1.54, 1.807) is 0 Å². The van der Waals surface area contributed by atoms with Crippen molar-refractivity contribution in [2.45, 2.75) is 27.7 Å². The zero-order chi connectivity index (χ0) is 10.9. The van der Waals surface area contributed by atoms with Crippen molar-refractivity contribution in [3.05, 3.63) is 33.9 Å². The van der Waals surface area contributed by atoms with Crippen molar-refractivity contribution in [1.29, 1.82) is 0 Å². The van der Waals surface area contributed by atoms with Crippen LogP contribution in [0.15, 0.2) is 6.07 Å². The Morgan fingerprint density at radius 1 is 1.14 bits per heavy atom. The summed E-state index contributed by atoms with van der Waals surface area (Å²) in [6.45, 7) is 8.04. The van der Waals surface area contributed by atoms with Gasteiger partial charge in [0.25, 0.3) is 0 Å². The molecule has 76 valence electrons. The minimum absolute atomic E-state index is 0.0183. The topological polar surface area (TPSA) is 17.1 Å². The van der Waals surface area contributed by atoms with E-state index in [2.05, 4.69) is 6.92 Å². The Morgan fingerprint density at radius 3 is 2.21 bits per heavy atom. The number of alkyl halides is 1. The molecule has 0 spiro atoms. The van der Waals surface area contributed by atoms with Crippen LogP contribution in [0.1, 0.15) is 32.6 Å². The summed E-state index contributed by atoms with van der Waals surface area (Å²) < 4.78 is 0. The van der Waals surface area contributed by atoms with Crippen LogP contribution in [-0.4, -0.2) is 11.7 Å². The molecule has 1 nitrogen and oxygen atoms in total. The molecule has 0 bridgehead atoms. The summed E-state index contributed by atoms with van der Waals surface area (Å²) in [5.74, 6) is 0.0780. The lowest BCUT2D eigenvalue weighted by Crippen LogP contribution is -2.08. The molecule has 1 rings (SSSR count). The lowest BCUT2D eigenvalue weighted by Gasteiger charge is -2.12. The quantitative estimate of drug-likeness (QED) is 0.541. The highest BCUT2D eigenvalue weighted by Gasteiger charge is 2.13. The Hall–Kier alpha value is -0.820. The van der Waals surface area contributed by atoms with Gasteiger partial charge in [-0.25, -0.2) is 0 Å². The third-order valence-electron chi connectivity index (χ3n) is 2.76. The molecule has 0 saturated carbocycles. The Morgan fingerprint density at radius 2 is 1.71 bits per heavy atom. The van der Waals surface area contributed by atoms with Crippen LogP contribution in [0, 0.1) is 27.7 Å². The van der Waals surface area contributed by atoms with Gasteiger partial charge in [-0.15, -0.1) is 11.6 Å². The van der Waals surface area contributed by atoms with Gasteiger partial charge in [-0.3, -0.25) is 4.79 Å². The summed E-state index contributed by atoms with van der Waals surface area (Å²) in [5, 5.41) is 0. The van der Waals surface area contributed by atoms with E-state index in [9.17, 15) is 4.79 Å². The van der Waals surface area contributed by atoms with Gasteiger partial charge < -0.3 is 0 Å². The number of hydrogen-bond acceptors (Lipinski definition) is 1. The third kappa shape index (κ3) is 1.83. The molecule has 0 saturated heterocycles. The average Bonchev–Trinajstić information content (AvgIpc) is 2.14. The molecule has 0 fully saturated rings. The summed E-state index contributed by atoms with van der Waals surface area (Å²) in [6, 6.07) is 2.04. The number of benzene rings is 1. The van der Waals surface area contributed by atoms with Crippen LogP contribution >= 0.6 is 11.6 Å². The van der Waals surface area contributed by atoms with Crippen LogP contribution < -0.4 is 0 Å². The van der Waals surface area contributed by atoms with Crippen molar-refractivity contribution in [1.82, 2.24) is 0 Å². The first-order chi connectivity index (χ1) is 6.49. The summed E-state index contributed by atoms with van der Waals surface area (Å²) in [5.41, 5.74) is 5.29. The minimum atomic E-state index is 0.0183. The van der Waals surface area contributed by atoms with E-state index >= 15 is 0 Å². The van der Waals surface area contributed by atoms with Gasteiger partial charge in [-0.1, -0.05) is 6.07 Å². The highest BCUT2D eigenvalue weighted by Crippen LogP contribution is 2.22. The largest absolute Gasteiger partial charge is 0.293 e. The van der Waals surface area contributed by atoms with Gasteiger partial charge in [0.2, 0.25) is 0 Å². The Kier molecular flexibility index (Phi) is 3.33. The first kappa shape index (κ1) is 11.3. The fourth-order valence-electron chi connectivity index (χ4n) is 1.78. The molecule has 0 aliphatic carbocycles. The number of carbonyl (C=O) groups is 1. The zero-order valence-corrected chi connectivity index (χ0v) is 9.83. The first-order valence-corrected chi connectivity index (χ1v) is 5.19. The molecule has 0 aromatic heterocycles. The maximum absolute atomic E-state index is 11.6. The summed E-state index contributed by atoms with van der Waals surface area (Å²) >= 11 is 5.57. The molecular formula is C12H15ClO. The zero-order valence-electron chi connectivity index (χ0n) is 9.07. The predicted octanol–water partition coefficient (Wildman–Crippen LogP) is 3.34. The second kappa shape index (κ2) is 4.14. The molecule has 0 radical (unpaired) electrons. The van der Waals surface area contributed by atoms with Gasteiger partial charge in [0, 0.05) is 5.56 Å². The van der Waals surface area contributed by atoms with Crippen LogP contribution in [0.5, 0.6) is 0 Å². The normalized spacial score (nSPS) is 10.4. The van der Waals surface area contributed by atoms with E-state index in [1.165, 1.54) is 11.1 Å². The van der Waals surface area contributed by atoms with E-state index in [-0.39, 0.29) is 11.7 Å². The summed E-state index contributed by atoms with van der Waals surface area (Å²) in [6.07, 6.45) is 0. The Bertz CT molecular complexity index is 380. The van der Waals surface area contributed by atoms with Crippen LogP contribution in [0.3, 0.4) is 0 Å². The monoisotopic (exact) mass is 210 g/mol. The van der Waals surface area contributed by atoms with Gasteiger partial charge in [0.1, 0.15) is 0 Å². The second-order valence-corrected chi connectivity index (χ2v) is 3.96. The maximum atomic E-state index is 11.6. The van der Waals surface area contributed by atoms with Crippen LogP contribution in [-0.2, 0) is 0 Å². The molecular weight excluding hydrogens is 196 g/mol. The lowest BCUT2D eigenvalue weighted by molar-refractivity contribution is 0.102. The summed E-state index contributed by atoms with van der Waals surface area (Å²) in [4.78, 5) is 11.6. The number of ketones is 1. The minimum Gasteiger partial charge on any atom is -0.293 e. The molecule has 0 aliphatic rings. The van der Waals surface area contributed by atoms with Crippen LogP contribution in [0.4, 0.5) is 0 Å². The van der Waals surface area contributed by atoms with E-state index < -0.39 is 0 Å². The van der Waals surface area contributed by atoms with Gasteiger partial charge in [-0.05, 0) is 49.9 Å². The predicted molar refractivity (Wildman–Crippen MR) is 60.4 cm³/mol. The van der Waals surface area contributed by atoms with Crippen molar-refractivity contribution >= 4 is 17.4 Å². The van der Waals surface area contributed by atoms with Gasteiger partial charge in [-0.2, -0.15) is 0 Å². The maximum Gasteiger partial charge on any atom is 0.178 e. The smallest absolute Gasteiger partial charge is 0.178 e. The Labute approximate surface area is 90.1 Å². The van der Waals surface area contributed by atoms with Gasteiger partial charge >= 0.3 is 0 Å². The van der Waals surface area contributed by atoms with Gasteiger partial charge in [0.05, 0.1) is 5.88 Å². The van der Waals surface area contributed by atoms with E-state index in [0.717, 1.165) is 16.7 Å². The van der Waals surface area contributed by atoms with Gasteiger partial charge in [0.15, 0.2) is 5.78 Å². The lowest BCUT2D eigenvalue weighted by atomic mass is 9.92. The number of Topliss-reactive ketones (excluding diaryl/α,β-unsaturated/α-hetero) is 1. The molecule has 1 aromatic carbocycles. The first-order valence-electron chi connectivity index (χ1n) is 4.65. The number of halogens is 1. The van der Waals surface area contributed by atoms with Crippen molar-refractivity contribution in [3.8, 4) is 0 Å². The number of carbonyl (C=O) groups excluding carboxylic acids is 1. The fourth-order valence-corrected chi connectivity index (χ4v) is 1.91. The second-order valence-electron chi connectivity index (χ2n) is 3.69. The van der Waals surface area contributed by atoms with Crippen LogP contribution in [0.25, 0.3) is 0 Å². The van der Waals surface area contributed by atoms with Crippen molar-refractivity contribution in [2.75, 3.05) is 5.88 Å². The molecule has 2 heteroatoms. The molecule has 14 heavy (non-hydrogen) atoms. The standard InChI is InChI=1S/C12H15ClO/c1-7-5-8(2)12(11(14)6-13)10(4)9(7)3/h5H,6H2,1-4H3. The molecule has 0 N–H and O–H groups in total. The average molecular weight is 211 g/mol. The molecule has 1 aromatic rings. The molecule has 0 atom stereocenters. The number of hydrogen-bond donors (Lipinski definition) is 0. The highest BCUT2D eigenvalue weighted by atomic mass is 35.5. The fraction of sp³-hybridized carbons (Fsp3) is 0.417. The highest BCUT2D eigenvalue weighted by molar-refractivity contribution is 6.30. The third-order valence-corrected chi connectivity index (χ3v) is 3.00. The van der Waals surface area contributed by atoms with Crippen LogP contribution in [0.2, 0.25) is 0 Å². The molecule has 0 aliphatic heterocycles. The molecule has 0 amide bonds. The molecule has 0 heterocycles. The van der Waals surface area contributed by atoms with Crippen molar-refractivity contribution in [3.63, 3.8) is 0 Å². The number of aryl methyl sites for hydroxylation is 2. The summed E-state index contributed by atoms with van der Waals surface area (Å²) in [7, 11) is 0. The van der Waals surface area contributed by atoms with E-state index in [1.807, 2.05) is 26.8 Å². The van der Waals surface area contributed by atoms with Crippen molar-refractivity contribution < 1.29 is 4.79 Å². The Balaban J connectivity index is 3.44.